The van der Waals surface area contributed by atoms with Crippen LogP contribution < -0.4 is 0 Å². The molecule has 1 aliphatic carbocycles. The van der Waals surface area contributed by atoms with Crippen molar-refractivity contribution in [2.24, 2.45) is 0 Å². The first-order valence-corrected chi connectivity index (χ1v) is 8.27. The van der Waals surface area contributed by atoms with Crippen molar-refractivity contribution in [3.05, 3.63) is 35.4 Å². The number of carboxylic acid groups (broad SMARTS) is 1. The minimum atomic E-state index is -1.09. The molecule has 0 aromatic heterocycles. The summed E-state index contributed by atoms with van der Waals surface area (Å²) in [4.78, 5) is 26.4. The second kappa shape index (κ2) is 6.32. The Hall–Kier alpha value is -1.88. The summed E-state index contributed by atoms with van der Waals surface area (Å²) in [6.07, 6.45) is 3.83. The second-order valence-corrected chi connectivity index (χ2v) is 6.49. The van der Waals surface area contributed by atoms with Crippen LogP contribution in [0.2, 0.25) is 0 Å². The molecule has 1 heterocycles. The van der Waals surface area contributed by atoms with Gasteiger partial charge in [0.2, 0.25) is 0 Å². The average Bonchev–Trinajstić information content (AvgIpc) is 2.60. The van der Waals surface area contributed by atoms with E-state index in [-0.39, 0.29) is 5.91 Å². The maximum Gasteiger partial charge on any atom is 0.329 e. The van der Waals surface area contributed by atoms with Gasteiger partial charge in [-0.1, -0.05) is 43.5 Å². The average molecular weight is 317 g/mol. The van der Waals surface area contributed by atoms with Crippen molar-refractivity contribution in [1.29, 1.82) is 0 Å². The van der Waals surface area contributed by atoms with Gasteiger partial charge in [0.25, 0.3) is 5.91 Å². The van der Waals surface area contributed by atoms with E-state index in [2.05, 4.69) is 0 Å². The Kier molecular flexibility index (Phi) is 4.39. The summed E-state index contributed by atoms with van der Waals surface area (Å²) in [6.45, 7) is 0.487. The fourth-order valence-corrected chi connectivity index (χ4v) is 3.81. The Balaban J connectivity index is 1.89. The van der Waals surface area contributed by atoms with Crippen LogP contribution in [0.15, 0.2) is 24.3 Å². The van der Waals surface area contributed by atoms with Gasteiger partial charge in [-0.2, -0.15) is 0 Å². The number of hydrogen-bond donors (Lipinski definition) is 1. The van der Waals surface area contributed by atoms with Crippen molar-refractivity contribution in [3.8, 4) is 0 Å². The van der Waals surface area contributed by atoms with Crippen LogP contribution in [-0.2, 0) is 20.7 Å². The fraction of sp³-hybridized carbons (Fsp3) is 0.556. The summed E-state index contributed by atoms with van der Waals surface area (Å²) < 4.78 is 5.72. The van der Waals surface area contributed by atoms with Crippen LogP contribution in [0.5, 0.6) is 0 Å². The first-order valence-electron chi connectivity index (χ1n) is 8.27. The molecule has 1 saturated carbocycles. The van der Waals surface area contributed by atoms with Gasteiger partial charge in [-0.25, -0.2) is 4.79 Å². The van der Waals surface area contributed by atoms with Crippen LogP contribution >= 0.6 is 0 Å². The van der Waals surface area contributed by atoms with Gasteiger partial charge >= 0.3 is 5.97 Å². The number of fused-ring (bicyclic) bond motifs is 1. The molecule has 1 aliphatic heterocycles. The molecule has 1 unspecified atom stereocenters. The Morgan fingerprint density at radius 1 is 1.22 bits per heavy atom. The molecule has 1 N–H and O–H groups in total. The standard InChI is InChI=1S/C18H23NO4/c1-19(18(17(21)22)10-5-2-6-11-18)16(20)15-14-8-4-3-7-13(14)9-12-23-15/h3-4,7-8,15H,2,5-6,9-12H2,1H3,(H,21,22). The molecule has 0 radical (unpaired) electrons. The van der Waals surface area contributed by atoms with Crippen molar-refractivity contribution < 1.29 is 19.4 Å². The van der Waals surface area contributed by atoms with E-state index < -0.39 is 17.6 Å². The quantitative estimate of drug-likeness (QED) is 0.930. The molecular weight excluding hydrogens is 294 g/mol. The van der Waals surface area contributed by atoms with Crippen LogP contribution in [0.1, 0.15) is 49.3 Å². The summed E-state index contributed by atoms with van der Waals surface area (Å²) in [6, 6.07) is 7.75. The monoisotopic (exact) mass is 317 g/mol. The molecule has 0 saturated heterocycles. The highest BCUT2D eigenvalue weighted by molar-refractivity contribution is 5.90. The molecule has 124 valence electrons. The molecule has 5 heteroatoms. The zero-order valence-corrected chi connectivity index (χ0v) is 13.5. The largest absolute Gasteiger partial charge is 0.479 e. The lowest BCUT2D eigenvalue weighted by Crippen LogP contribution is -2.57. The maximum atomic E-state index is 13.0. The summed E-state index contributed by atoms with van der Waals surface area (Å²) in [5.74, 6) is -1.15. The van der Waals surface area contributed by atoms with Crippen molar-refractivity contribution >= 4 is 11.9 Å². The Bertz CT molecular complexity index is 607. The third-order valence-electron chi connectivity index (χ3n) is 5.27. The molecule has 0 spiro atoms. The van der Waals surface area contributed by atoms with Gasteiger partial charge in [0.05, 0.1) is 6.61 Å². The summed E-state index contributed by atoms with van der Waals surface area (Å²) in [7, 11) is 1.61. The highest BCUT2D eigenvalue weighted by Crippen LogP contribution is 2.36. The molecule has 3 rings (SSSR count). The SMILES string of the molecule is CN(C(=O)C1OCCc2ccccc21)C1(C(=O)O)CCCCC1. The third-order valence-corrected chi connectivity index (χ3v) is 5.27. The van der Waals surface area contributed by atoms with Gasteiger partial charge < -0.3 is 14.7 Å². The normalized spacial score (nSPS) is 22.9. The van der Waals surface area contributed by atoms with E-state index in [0.29, 0.717) is 19.4 Å². The molecule has 0 bridgehead atoms. The highest BCUT2D eigenvalue weighted by Gasteiger charge is 2.47. The molecule has 5 nitrogen and oxygen atoms in total. The Morgan fingerprint density at radius 3 is 2.61 bits per heavy atom. The molecule has 1 amide bonds. The van der Waals surface area contributed by atoms with Gasteiger partial charge in [-0.05, 0) is 30.4 Å². The molecule has 1 aromatic rings. The predicted molar refractivity (Wildman–Crippen MR) is 85.1 cm³/mol. The van der Waals surface area contributed by atoms with E-state index >= 15 is 0 Å². The van der Waals surface area contributed by atoms with E-state index in [1.165, 1.54) is 4.90 Å². The van der Waals surface area contributed by atoms with Crippen LogP contribution in [0.4, 0.5) is 0 Å². The number of carbonyl (C=O) groups is 2. The first kappa shape index (κ1) is 16.0. The zero-order valence-electron chi connectivity index (χ0n) is 13.5. The van der Waals surface area contributed by atoms with Crippen LogP contribution in [0.3, 0.4) is 0 Å². The van der Waals surface area contributed by atoms with Crippen molar-refractivity contribution in [3.63, 3.8) is 0 Å². The van der Waals surface area contributed by atoms with E-state index in [1.54, 1.807) is 7.05 Å². The third kappa shape index (κ3) is 2.74. The van der Waals surface area contributed by atoms with Gasteiger partial charge in [0, 0.05) is 7.05 Å². The lowest BCUT2D eigenvalue weighted by molar-refractivity contribution is -0.166. The fourth-order valence-electron chi connectivity index (χ4n) is 3.81. The van der Waals surface area contributed by atoms with Gasteiger partial charge in [-0.3, -0.25) is 4.79 Å². The Morgan fingerprint density at radius 2 is 1.91 bits per heavy atom. The van der Waals surface area contributed by atoms with Gasteiger partial charge in [-0.15, -0.1) is 0 Å². The predicted octanol–water partition coefficient (Wildman–Crippen LogP) is 2.55. The van der Waals surface area contributed by atoms with Crippen molar-refractivity contribution in [2.45, 2.75) is 50.2 Å². The van der Waals surface area contributed by atoms with Gasteiger partial charge in [0.1, 0.15) is 5.54 Å². The number of nitrogens with zero attached hydrogens (tertiary/aromatic N) is 1. The molecular formula is C18H23NO4. The molecule has 2 aliphatic rings. The smallest absolute Gasteiger partial charge is 0.329 e. The maximum absolute atomic E-state index is 13.0. The summed E-state index contributed by atoms with van der Waals surface area (Å²) >= 11 is 0. The van der Waals surface area contributed by atoms with Crippen LogP contribution in [0.25, 0.3) is 0 Å². The molecule has 1 atom stereocenters. The number of benzene rings is 1. The lowest BCUT2D eigenvalue weighted by atomic mass is 9.80. The number of amides is 1. The minimum Gasteiger partial charge on any atom is -0.479 e. The highest BCUT2D eigenvalue weighted by atomic mass is 16.5. The number of ether oxygens (including phenoxy) is 1. The number of hydrogen-bond acceptors (Lipinski definition) is 3. The minimum absolute atomic E-state index is 0.249. The molecule has 1 aromatic carbocycles. The zero-order chi connectivity index (χ0) is 16.4. The number of aliphatic carboxylic acids is 1. The number of carbonyl (C=O) groups excluding carboxylic acids is 1. The Labute approximate surface area is 136 Å². The number of likely N-dealkylation sites (N-methyl/N-ethyl adjacent to an activating group) is 1. The van der Waals surface area contributed by atoms with E-state index in [0.717, 1.165) is 36.8 Å². The van der Waals surface area contributed by atoms with Crippen molar-refractivity contribution in [2.75, 3.05) is 13.7 Å². The van der Waals surface area contributed by atoms with E-state index in [1.807, 2.05) is 24.3 Å². The second-order valence-electron chi connectivity index (χ2n) is 6.49. The molecule has 1 fully saturated rings. The summed E-state index contributed by atoms with van der Waals surface area (Å²) in [5, 5.41) is 9.77. The van der Waals surface area contributed by atoms with Crippen LogP contribution in [-0.4, -0.2) is 41.1 Å². The topological polar surface area (TPSA) is 66.8 Å². The molecule has 23 heavy (non-hydrogen) atoms. The van der Waals surface area contributed by atoms with Crippen molar-refractivity contribution in [1.82, 2.24) is 4.90 Å². The van der Waals surface area contributed by atoms with Crippen LogP contribution in [0, 0.1) is 0 Å². The van der Waals surface area contributed by atoms with E-state index in [4.69, 9.17) is 4.74 Å². The number of rotatable bonds is 3. The van der Waals surface area contributed by atoms with Gasteiger partial charge in [0.15, 0.2) is 6.10 Å². The number of carboxylic acids is 1. The first-order chi connectivity index (χ1) is 11.1. The summed E-state index contributed by atoms with van der Waals surface area (Å²) in [5.41, 5.74) is 0.885. The lowest BCUT2D eigenvalue weighted by Gasteiger charge is -2.42. The van der Waals surface area contributed by atoms with E-state index in [9.17, 15) is 14.7 Å².